The molecular formula is C16H14FNO. The summed E-state index contributed by atoms with van der Waals surface area (Å²) >= 11 is 0. The highest BCUT2D eigenvalue weighted by Gasteiger charge is 2.13. The van der Waals surface area contributed by atoms with Gasteiger partial charge in [0.25, 0.3) is 0 Å². The van der Waals surface area contributed by atoms with Crippen LogP contribution in [0, 0.1) is 5.82 Å². The van der Waals surface area contributed by atoms with E-state index < -0.39 is 0 Å². The second-order valence-corrected chi connectivity index (χ2v) is 4.82. The maximum Gasteiger partial charge on any atom is 0.167 e. The fraction of sp³-hybridized carbons (Fsp3) is 0.188. The van der Waals surface area contributed by atoms with E-state index in [1.807, 2.05) is 18.2 Å². The number of carbonyl (C=O) groups excluding carboxylic acids is 1. The van der Waals surface area contributed by atoms with E-state index in [1.54, 1.807) is 12.1 Å². The summed E-state index contributed by atoms with van der Waals surface area (Å²) in [4.78, 5) is 12.2. The summed E-state index contributed by atoms with van der Waals surface area (Å²) in [5.41, 5.74) is 3.85. The monoisotopic (exact) mass is 255 g/mol. The summed E-state index contributed by atoms with van der Waals surface area (Å²) in [5, 5.41) is 3.25. The van der Waals surface area contributed by atoms with E-state index in [1.165, 1.54) is 23.3 Å². The molecule has 0 radical (unpaired) electrons. The number of carbonyl (C=O) groups is 1. The van der Waals surface area contributed by atoms with Crippen LogP contribution in [-0.4, -0.2) is 5.78 Å². The molecule has 0 fully saturated rings. The number of halogens is 1. The molecule has 2 aromatic rings. The minimum absolute atomic E-state index is 0.0281. The number of Topliss-reactive ketones (excluding diaryl/α,β-unsaturated/α-hetero) is 1. The first-order valence-corrected chi connectivity index (χ1v) is 6.32. The molecule has 2 nitrogen and oxygen atoms in total. The van der Waals surface area contributed by atoms with Crippen molar-refractivity contribution in [3.63, 3.8) is 0 Å². The largest absolute Gasteiger partial charge is 0.309 e. The highest BCUT2D eigenvalue weighted by Crippen LogP contribution is 2.18. The molecular weight excluding hydrogens is 241 g/mol. The van der Waals surface area contributed by atoms with Crippen LogP contribution in [0.2, 0.25) is 0 Å². The molecule has 3 rings (SSSR count). The third-order valence-corrected chi connectivity index (χ3v) is 3.41. The number of rotatable bonds is 3. The number of hydrogen-bond donors (Lipinski definition) is 1. The third-order valence-electron chi connectivity index (χ3n) is 3.41. The average molecular weight is 255 g/mol. The van der Waals surface area contributed by atoms with Crippen molar-refractivity contribution < 1.29 is 9.18 Å². The highest BCUT2D eigenvalue weighted by atomic mass is 19.1. The summed E-state index contributed by atoms with van der Waals surface area (Å²) < 4.78 is 13.1. The second kappa shape index (κ2) is 4.94. The lowest BCUT2D eigenvalue weighted by Gasteiger charge is -2.04. The average Bonchev–Trinajstić information content (AvgIpc) is 2.85. The van der Waals surface area contributed by atoms with Crippen molar-refractivity contribution in [3.8, 4) is 0 Å². The zero-order chi connectivity index (χ0) is 13.2. The van der Waals surface area contributed by atoms with Gasteiger partial charge < -0.3 is 5.32 Å². The molecule has 0 aliphatic carbocycles. The van der Waals surface area contributed by atoms with Crippen LogP contribution >= 0.6 is 0 Å². The molecule has 1 N–H and O–H groups in total. The van der Waals surface area contributed by atoms with Gasteiger partial charge in [-0.25, -0.2) is 4.39 Å². The van der Waals surface area contributed by atoms with E-state index in [0.29, 0.717) is 11.1 Å². The zero-order valence-electron chi connectivity index (χ0n) is 10.4. The Bertz CT molecular complexity index is 636. The van der Waals surface area contributed by atoms with E-state index in [2.05, 4.69) is 5.32 Å². The molecule has 96 valence electrons. The maximum absolute atomic E-state index is 13.1. The summed E-state index contributed by atoms with van der Waals surface area (Å²) in [5.74, 6) is -0.274. The second-order valence-electron chi connectivity index (χ2n) is 4.82. The lowest BCUT2D eigenvalue weighted by molar-refractivity contribution is 0.0993. The van der Waals surface area contributed by atoms with Crippen LogP contribution in [0.1, 0.15) is 27.0 Å². The van der Waals surface area contributed by atoms with Crippen LogP contribution in [0.15, 0.2) is 42.5 Å². The lowest BCUT2D eigenvalue weighted by atomic mass is 9.99. The van der Waals surface area contributed by atoms with Crippen LogP contribution in [0.3, 0.4) is 0 Å². The fourth-order valence-electron chi connectivity index (χ4n) is 2.40. The predicted octanol–water partition coefficient (Wildman–Crippen LogP) is 2.85. The van der Waals surface area contributed by atoms with Gasteiger partial charge in [0.05, 0.1) is 0 Å². The van der Waals surface area contributed by atoms with Crippen LogP contribution in [-0.2, 0) is 19.5 Å². The van der Waals surface area contributed by atoms with Crippen molar-refractivity contribution in [2.75, 3.05) is 0 Å². The SMILES string of the molecule is O=C(Cc1cccc(F)c1)c1ccc2c(c1)CNC2. The molecule has 0 amide bonds. The minimum atomic E-state index is -0.302. The van der Waals surface area contributed by atoms with Crippen LogP contribution in [0.25, 0.3) is 0 Å². The first kappa shape index (κ1) is 12.1. The van der Waals surface area contributed by atoms with Crippen LogP contribution < -0.4 is 5.32 Å². The summed E-state index contributed by atoms with van der Waals surface area (Å²) in [6, 6.07) is 12.0. The Morgan fingerprint density at radius 1 is 1.11 bits per heavy atom. The summed E-state index contributed by atoms with van der Waals surface area (Å²) in [6.45, 7) is 1.68. The topological polar surface area (TPSA) is 29.1 Å². The van der Waals surface area contributed by atoms with Crippen LogP contribution in [0.4, 0.5) is 4.39 Å². The molecule has 19 heavy (non-hydrogen) atoms. The Balaban J connectivity index is 1.81. The summed E-state index contributed by atoms with van der Waals surface area (Å²) in [6.07, 6.45) is 0.240. The first-order valence-electron chi connectivity index (χ1n) is 6.32. The summed E-state index contributed by atoms with van der Waals surface area (Å²) in [7, 11) is 0. The Labute approximate surface area is 111 Å². The number of ketones is 1. The molecule has 1 aliphatic rings. The van der Waals surface area contributed by atoms with Gasteiger partial charge in [-0.05, 0) is 34.9 Å². The molecule has 0 bridgehead atoms. The van der Waals surface area contributed by atoms with E-state index in [-0.39, 0.29) is 18.0 Å². The molecule has 0 saturated carbocycles. The maximum atomic E-state index is 13.1. The fourth-order valence-corrected chi connectivity index (χ4v) is 2.40. The Hall–Kier alpha value is -2.00. The number of hydrogen-bond acceptors (Lipinski definition) is 2. The van der Waals surface area contributed by atoms with Gasteiger partial charge in [-0.2, -0.15) is 0 Å². The normalized spacial score (nSPS) is 13.3. The standard InChI is InChI=1S/C16H14FNO/c17-15-3-1-2-11(6-15)7-16(19)12-4-5-13-9-18-10-14(13)8-12/h1-6,8,18H,7,9-10H2. The third kappa shape index (κ3) is 2.56. The molecule has 0 unspecified atom stereocenters. The molecule has 1 aliphatic heterocycles. The first-order chi connectivity index (χ1) is 9.22. The van der Waals surface area contributed by atoms with Crippen molar-refractivity contribution in [3.05, 3.63) is 70.5 Å². The van der Waals surface area contributed by atoms with Gasteiger partial charge >= 0.3 is 0 Å². The molecule has 0 saturated heterocycles. The van der Waals surface area contributed by atoms with E-state index in [4.69, 9.17) is 0 Å². The van der Waals surface area contributed by atoms with E-state index in [0.717, 1.165) is 13.1 Å². The van der Waals surface area contributed by atoms with Crippen molar-refractivity contribution in [1.29, 1.82) is 0 Å². The molecule has 2 aromatic carbocycles. The minimum Gasteiger partial charge on any atom is -0.309 e. The number of nitrogens with one attached hydrogen (secondary N) is 1. The molecule has 0 spiro atoms. The molecule has 0 atom stereocenters. The highest BCUT2D eigenvalue weighted by molar-refractivity contribution is 5.97. The molecule has 3 heteroatoms. The van der Waals surface area contributed by atoms with Gasteiger partial charge in [0, 0.05) is 25.1 Å². The van der Waals surface area contributed by atoms with Gasteiger partial charge in [0.2, 0.25) is 0 Å². The van der Waals surface area contributed by atoms with Gasteiger partial charge in [0.1, 0.15) is 5.82 Å². The van der Waals surface area contributed by atoms with Gasteiger partial charge in [-0.1, -0.05) is 24.3 Å². The van der Waals surface area contributed by atoms with Crippen molar-refractivity contribution in [2.45, 2.75) is 19.5 Å². The Morgan fingerprint density at radius 2 is 1.95 bits per heavy atom. The van der Waals surface area contributed by atoms with Crippen molar-refractivity contribution >= 4 is 5.78 Å². The Morgan fingerprint density at radius 3 is 2.79 bits per heavy atom. The number of fused-ring (bicyclic) bond motifs is 1. The molecule has 0 aromatic heterocycles. The van der Waals surface area contributed by atoms with Crippen molar-refractivity contribution in [1.82, 2.24) is 5.32 Å². The molecule has 1 heterocycles. The van der Waals surface area contributed by atoms with Gasteiger partial charge in [0.15, 0.2) is 5.78 Å². The van der Waals surface area contributed by atoms with Crippen molar-refractivity contribution in [2.24, 2.45) is 0 Å². The zero-order valence-corrected chi connectivity index (χ0v) is 10.4. The lowest BCUT2D eigenvalue weighted by Crippen LogP contribution is -2.04. The Kier molecular flexibility index (Phi) is 3.13. The van der Waals surface area contributed by atoms with Crippen LogP contribution in [0.5, 0.6) is 0 Å². The number of benzene rings is 2. The quantitative estimate of drug-likeness (QED) is 0.854. The predicted molar refractivity (Wildman–Crippen MR) is 71.4 cm³/mol. The van der Waals surface area contributed by atoms with E-state index in [9.17, 15) is 9.18 Å². The smallest absolute Gasteiger partial charge is 0.167 e. The van der Waals surface area contributed by atoms with Gasteiger partial charge in [-0.15, -0.1) is 0 Å². The van der Waals surface area contributed by atoms with E-state index >= 15 is 0 Å². The van der Waals surface area contributed by atoms with Gasteiger partial charge in [-0.3, -0.25) is 4.79 Å².